The molecule has 2 heterocycles. The van der Waals surface area contributed by atoms with Crippen LogP contribution < -0.4 is 9.47 Å². The van der Waals surface area contributed by atoms with Gasteiger partial charge < -0.3 is 14.5 Å². The molecule has 1 aromatic carbocycles. The number of hydrogen-bond acceptors (Lipinski definition) is 3. The summed E-state index contributed by atoms with van der Waals surface area (Å²) in [6.07, 6.45) is 11.6. The number of aromatic nitrogens is 3. The third kappa shape index (κ3) is 4.55. The van der Waals surface area contributed by atoms with E-state index in [-0.39, 0.29) is 6.04 Å². The zero-order valence-corrected chi connectivity index (χ0v) is 15.5. The molecule has 1 atom stereocenters. The Balaban J connectivity index is 1.86. The molecule has 0 spiro atoms. The minimum atomic E-state index is 0.0823. The third-order valence-corrected chi connectivity index (χ3v) is 4.56. The fourth-order valence-corrected chi connectivity index (χ4v) is 3.05. The van der Waals surface area contributed by atoms with E-state index in [1.807, 2.05) is 42.9 Å². The molecule has 0 bridgehead atoms. The molecule has 0 aliphatic heterocycles. The van der Waals surface area contributed by atoms with E-state index in [1.54, 1.807) is 6.20 Å². The molecule has 0 fully saturated rings. The van der Waals surface area contributed by atoms with Crippen molar-refractivity contribution >= 4 is 11.6 Å². The molecule has 26 heavy (non-hydrogen) atoms. The van der Waals surface area contributed by atoms with Crippen LogP contribution >= 0.6 is 11.6 Å². The average Bonchev–Trinajstić information content (AvgIpc) is 3.17. The van der Waals surface area contributed by atoms with Crippen molar-refractivity contribution in [2.24, 2.45) is 0 Å². The predicted molar refractivity (Wildman–Crippen MR) is 101 cm³/mol. The van der Waals surface area contributed by atoms with Crippen molar-refractivity contribution in [1.82, 2.24) is 9.55 Å². The van der Waals surface area contributed by atoms with Crippen molar-refractivity contribution in [2.75, 3.05) is 0 Å². The fraction of sp³-hybridized carbons (Fsp3) is 0.300. The lowest BCUT2D eigenvalue weighted by Gasteiger charge is -2.21. The number of benzene rings is 1. The zero-order valence-electron chi connectivity index (χ0n) is 14.7. The van der Waals surface area contributed by atoms with E-state index in [2.05, 4.69) is 16.5 Å². The molecule has 0 aliphatic carbocycles. The fourth-order valence-electron chi connectivity index (χ4n) is 2.92. The summed E-state index contributed by atoms with van der Waals surface area (Å²) in [6, 6.07) is 9.41. The Hall–Kier alpha value is -2.53. The Kier molecular flexibility index (Phi) is 6.12. The van der Waals surface area contributed by atoms with Crippen molar-refractivity contribution < 1.29 is 9.47 Å². The van der Waals surface area contributed by atoms with Crippen molar-refractivity contribution in [3.05, 3.63) is 82.8 Å². The van der Waals surface area contributed by atoms with E-state index in [1.165, 1.54) is 12.4 Å². The highest BCUT2D eigenvalue weighted by atomic mass is 35.5. The van der Waals surface area contributed by atoms with Crippen LogP contribution in [0.1, 0.15) is 43.4 Å². The first-order valence-corrected chi connectivity index (χ1v) is 9.12. The average molecular weight is 372 g/mol. The first kappa shape index (κ1) is 18.3. The van der Waals surface area contributed by atoms with Crippen LogP contribution in [0.4, 0.5) is 0 Å². The smallest absolute Gasteiger partial charge is 0.222 e. The van der Waals surface area contributed by atoms with Crippen molar-refractivity contribution in [3.63, 3.8) is 0 Å². The molecule has 6 heteroatoms. The van der Waals surface area contributed by atoms with Gasteiger partial charge in [-0.15, -0.1) is 0 Å². The number of unbranched alkanes of at least 4 members (excludes halogenated alkanes) is 1. The Labute approximate surface area is 158 Å². The van der Waals surface area contributed by atoms with Crippen LogP contribution in [-0.2, 0) is 6.61 Å². The highest BCUT2D eigenvalue weighted by molar-refractivity contribution is 6.30. The van der Waals surface area contributed by atoms with Crippen LogP contribution in [-0.4, -0.2) is 9.55 Å². The maximum absolute atomic E-state index is 11.8. The van der Waals surface area contributed by atoms with Crippen LogP contribution in [0.5, 0.6) is 5.75 Å². The van der Waals surface area contributed by atoms with E-state index in [0.29, 0.717) is 17.4 Å². The van der Waals surface area contributed by atoms with E-state index in [4.69, 9.17) is 16.3 Å². The Morgan fingerprint density at radius 2 is 2.08 bits per heavy atom. The van der Waals surface area contributed by atoms with Crippen LogP contribution in [0.2, 0.25) is 5.02 Å². The summed E-state index contributed by atoms with van der Waals surface area (Å²) in [5, 5.41) is 12.5. The summed E-state index contributed by atoms with van der Waals surface area (Å²) in [7, 11) is 0. The first-order chi connectivity index (χ1) is 12.7. The molecule has 5 nitrogen and oxygen atoms in total. The number of ether oxygens (including phenoxy) is 1. The molecule has 2 aromatic heterocycles. The van der Waals surface area contributed by atoms with Crippen LogP contribution in [0, 0.1) is 5.21 Å². The molecule has 0 radical (unpaired) electrons. The standard InChI is InChI=1S/C20H22ClN3O2/c1-2-3-4-19(23-12-10-22-15-23)18-9-11-24(25)13-20(18)26-14-16-5-7-17(21)8-6-16/h5-13,15,19H,2-4,14H2,1H3. The summed E-state index contributed by atoms with van der Waals surface area (Å²) in [6.45, 7) is 2.54. The van der Waals surface area contributed by atoms with Gasteiger partial charge >= 0.3 is 0 Å². The first-order valence-electron chi connectivity index (χ1n) is 8.74. The number of nitrogens with zero attached hydrogens (tertiary/aromatic N) is 3. The predicted octanol–water partition coefficient (Wildman–Crippen LogP) is 4.53. The monoisotopic (exact) mass is 371 g/mol. The molecule has 0 amide bonds. The molecule has 0 saturated carbocycles. The maximum Gasteiger partial charge on any atom is 0.222 e. The van der Waals surface area contributed by atoms with Crippen molar-refractivity contribution in [2.45, 2.75) is 38.8 Å². The SMILES string of the molecule is CCCCC(c1cc[n+]([O-])cc1OCc1ccc(Cl)cc1)n1ccnc1. The van der Waals surface area contributed by atoms with E-state index in [9.17, 15) is 5.21 Å². The minimum absolute atomic E-state index is 0.0823. The lowest BCUT2D eigenvalue weighted by Crippen LogP contribution is -2.26. The molecule has 3 rings (SSSR count). The molecule has 1 unspecified atom stereocenters. The molecular formula is C20H22ClN3O2. The van der Waals surface area contributed by atoms with Gasteiger partial charge in [0.05, 0.1) is 12.4 Å². The van der Waals surface area contributed by atoms with Gasteiger partial charge in [-0.05, 0) is 24.1 Å². The zero-order chi connectivity index (χ0) is 18.4. The van der Waals surface area contributed by atoms with Gasteiger partial charge in [-0.1, -0.05) is 43.5 Å². The van der Waals surface area contributed by atoms with Crippen LogP contribution in [0.25, 0.3) is 0 Å². The summed E-state index contributed by atoms with van der Waals surface area (Å²) < 4.78 is 8.84. The van der Waals surface area contributed by atoms with Crippen molar-refractivity contribution in [1.29, 1.82) is 0 Å². The molecule has 0 N–H and O–H groups in total. The summed E-state index contributed by atoms with van der Waals surface area (Å²) >= 11 is 5.93. The van der Waals surface area contributed by atoms with Gasteiger partial charge in [-0.2, -0.15) is 4.73 Å². The quantitative estimate of drug-likeness (QED) is 0.432. The maximum atomic E-state index is 11.8. The lowest BCUT2D eigenvalue weighted by molar-refractivity contribution is -0.605. The van der Waals surface area contributed by atoms with E-state index < -0.39 is 0 Å². The van der Waals surface area contributed by atoms with E-state index in [0.717, 1.165) is 35.1 Å². The number of rotatable bonds is 8. The summed E-state index contributed by atoms with van der Waals surface area (Å²) in [5.74, 6) is 0.590. The minimum Gasteiger partial charge on any atom is -0.619 e. The Morgan fingerprint density at radius 3 is 2.77 bits per heavy atom. The molecule has 136 valence electrons. The Bertz CT molecular complexity index is 820. The Morgan fingerprint density at radius 1 is 1.27 bits per heavy atom. The van der Waals surface area contributed by atoms with Crippen molar-refractivity contribution in [3.8, 4) is 5.75 Å². The van der Waals surface area contributed by atoms with Gasteiger partial charge in [0.15, 0.2) is 11.9 Å². The number of imidazole rings is 1. The van der Waals surface area contributed by atoms with Crippen LogP contribution in [0.3, 0.4) is 0 Å². The molecule has 0 saturated heterocycles. The number of pyridine rings is 1. The lowest BCUT2D eigenvalue weighted by atomic mass is 10.0. The highest BCUT2D eigenvalue weighted by Crippen LogP contribution is 2.31. The van der Waals surface area contributed by atoms with Gasteiger partial charge in [-0.3, -0.25) is 0 Å². The number of hydrogen-bond donors (Lipinski definition) is 0. The molecular weight excluding hydrogens is 350 g/mol. The van der Waals surface area contributed by atoms with E-state index >= 15 is 0 Å². The second-order valence-electron chi connectivity index (χ2n) is 6.21. The normalized spacial score (nSPS) is 12.1. The van der Waals surface area contributed by atoms with Crippen LogP contribution in [0.15, 0.2) is 61.4 Å². The summed E-state index contributed by atoms with van der Waals surface area (Å²) in [5.41, 5.74) is 1.98. The molecule has 0 aliphatic rings. The third-order valence-electron chi connectivity index (χ3n) is 4.31. The number of halogens is 1. The van der Waals surface area contributed by atoms with Gasteiger partial charge in [0.2, 0.25) is 6.20 Å². The van der Waals surface area contributed by atoms with Gasteiger partial charge in [0.1, 0.15) is 6.61 Å². The van der Waals surface area contributed by atoms with Gasteiger partial charge in [-0.25, -0.2) is 4.98 Å². The van der Waals surface area contributed by atoms with Gasteiger partial charge in [0.25, 0.3) is 0 Å². The van der Waals surface area contributed by atoms with Gasteiger partial charge in [0, 0.05) is 29.0 Å². The summed E-state index contributed by atoms with van der Waals surface area (Å²) in [4.78, 5) is 4.17. The largest absolute Gasteiger partial charge is 0.619 e. The molecule has 3 aromatic rings. The second-order valence-corrected chi connectivity index (χ2v) is 6.64. The topological polar surface area (TPSA) is 54.0 Å². The highest BCUT2D eigenvalue weighted by Gasteiger charge is 2.20. The second kappa shape index (κ2) is 8.72.